The van der Waals surface area contributed by atoms with Crippen molar-refractivity contribution in [2.45, 2.75) is 26.8 Å². The van der Waals surface area contributed by atoms with Crippen molar-refractivity contribution in [1.82, 2.24) is 19.1 Å². The van der Waals surface area contributed by atoms with E-state index in [9.17, 15) is 9.59 Å². The lowest BCUT2D eigenvalue weighted by atomic mass is 10.1. The van der Waals surface area contributed by atoms with Gasteiger partial charge in [-0.05, 0) is 12.3 Å². The molecule has 0 aromatic carbocycles. The van der Waals surface area contributed by atoms with Gasteiger partial charge in [0.25, 0.3) is 5.56 Å². The molecule has 6 heteroatoms. The minimum atomic E-state index is -0.425. The summed E-state index contributed by atoms with van der Waals surface area (Å²) in [7, 11) is 1.78. The fraction of sp³-hybridized carbons (Fsp3) is 0.545. The molecule has 6 nitrogen and oxygen atoms in total. The topological polar surface area (TPSA) is 72.7 Å². The molecule has 0 atom stereocenters. The standard InChI is InChI=1S/C11H16N4O2/c1-7(2)4-5-15-10-8(12-6-14(10)3)9(16)13-11(15)17/h6-7H,4-5H2,1-3H3,(H,13,16,17). The van der Waals surface area contributed by atoms with Gasteiger partial charge in [-0.1, -0.05) is 13.8 Å². The number of aryl methyl sites for hydroxylation is 2. The monoisotopic (exact) mass is 236 g/mol. The molecule has 0 aliphatic carbocycles. The van der Waals surface area contributed by atoms with Gasteiger partial charge < -0.3 is 4.57 Å². The third kappa shape index (κ3) is 2.02. The summed E-state index contributed by atoms with van der Waals surface area (Å²) in [6.07, 6.45) is 2.43. The first-order chi connectivity index (χ1) is 8.00. The minimum Gasteiger partial charge on any atom is -0.320 e. The number of nitrogens with zero attached hydrogens (tertiary/aromatic N) is 3. The predicted molar refractivity (Wildman–Crippen MR) is 65.0 cm³/mol. The first-order valence-electron chi connectivity index (χ1n) is 5.65. The van der Waals surface area contributed by atoms with E-state index in [2.05, 4.69) is 23.8 Å². The molecule has 2 aromatic heterocycles. The fourth-order valence-corrected chi connectivity index (χ4v) is 1.82. The van der Waals surface area contributed by atoms with Crippen LogP contribution in [0.15, 0.2) is 15.9 Å². The first-order valence-corrected chi connectivity index (χ1v) is 5.65. The average molecular weight is 236 g/mol. The molecule has 2 aromatic rings. The van der Waals surface area contributed by atoms with Gasteiger partial charge in [-0.15, -0.1) is 0 Å². The maximum atomic E-state index is 11.8. The second-order valence-electron chi connectivity index (χ2n) is 4.62. The molecule has 2 rings (SSSR count). The molecule has 17 heavy (non-hydrogen) atoms. The van der Waals surface area contributed by atoms with Gasteiger partial charge in [0.2, 0.25) is 0 Å². The summed E-state index contributed by atoms with van der Waals surface area (Å²) in [5.74, 6) is 0.497. The van der Waals surface area contributed by atoms with Gasteiger partial charge in [-0.2, -0.15) is 0 Å². The Bertz CT molecular complexity index is 648. The summed E-state index contributed by atoms with van der Waals surface area (Å²) in [6, 6.07) is 0. The molecule has 0 aliphatic heterocycles. The first kappa shape index (κ1) is 11.6. The Morgan fingerprint density at radius 1 is 1.41 bits per heavy atom. The van der Waals surface area contributed by atoms with Crippen LogP contribution in [-0.4, -0.2) is 19.1 Å². The van der Waals surface area contributed by atoms with Crippen LogP contribution in [0.25, 0.3) is 11.2 Å². The summed E-state index contributed by atoms with van der Waals surface area (Å²) in [5, 5.41) is 0. The number of fused-ring (bicyclic) bond motifs is 1. The van der Waals surface area contributed by atoms with Crippen molar-refractivity contribution < 1.29 is 0 Å². The zero-order valence-electron chi connectivity index (χ0n) is 10.2. The normalized spacial score (nSPS) is 11.5. The number of hydrogen-bond acceptors (Lipinski definition) is 3. The number of imidazole rings is 1. The molecule has 0 amide bonds. The highest BCUT2D eigenvalue weighted by atomic mass is 16.2. The number of rotatable bonds is 3. The molecule has 0 saturated carbocycles. The van der Waals surface area contributed by atoms with Crippen LogP contribution in [0.3, 0.4) is 0 Å². The number of aromatic nitrogens is 4. The van der Waals surface area contributed by atoms with Crippen LogP contribution in [0.4, 0.5) is 0 Å². The van der Waals surface area contributed by atoms with E-state index < -0.39 is 5.56 Å². The third-order valence-corrected chi connectivity index (χ3v) is 2.77. The lowest BCUT2D eigenvalue weighted by molar-refractivity contribution is 0.507. The Morgan fingerprint density at radius 2 is 2.12 bits per heavy atom. The van der Waals surface area contributed by atoms with E-state index in [1.165, 1.54) is 0 Å². The number of hydrogen-bond donors (Lipinski definition) is 1. The number of aromatic amines is 1. The van der Waals surface area contributed by atoms with Crippen molar-refractivity contribution in [2.24, 2.45) is 13.0 Å². The summed E-state index contributed by atoms with van der Waals surface area (Å²) in [5.41, 5.74) is 0.105. The van der Waals surface area contributed by atoms with Gasteiger partial charge >= 0.3 is 5.69 Å². The van der Waals surface area contributed by atoms with Crippen molar-refractivity contribution >= 4 is 11.2 Å². The minimum absolute atomic E-state index is 0.316. The molecule has 2 heterocycles. The molecule has 0 aliphatic rings. The number of H-pyrrole nitrogens is 1. The zero-order valence-corrected chi connectivity index (χ0v) is 10.2. The molecule has 0 saturated heterocycles. The van der Waals surface area contributed by atoms with E-state index in [0.29, 0.717) is 23.6 Å². The van der Waals surface area contributed by atoms with Crippen molar-refractivity contribution in [3.63, 3.8) is 0 Å². The van der Waals surface area contributed by atoms with Gasteiger partial charge in [0.05, 0.1) is 6.33 Å². The van der Waals surface area contributed by atoms with Crippen LogP contribution in [0.2, 0.25) is 0 Å². The highest BCUT2D eigenvalue weighted by molar-refractivity contribution is 5.69. The molecule has 0 bridgehead atoms. The van der Waals surface area contributed by atoms with Gasteiger partial charge in [0.15, 0.2) is 5.52 Å². The van der Waals surface area contributed by atoms with Crippen molar-refractivity contribution in [1.29, 1.82) is 0 Å². The molecule has 0 fully saturated rings. The molecular weight excluding hydrogens is 220 g/mol. The maximum Gasteiger partial charge on any atom is 0.330 e. The Kier molecular flexibility index (Phi) is 2.87. The molecule has 0 unspecified atom stereocenters. The zero-order chi connectivity index (χ0) is 12.6. The lowest BCUT2D eigenvalue weighted by Gasteiger charge is -2.09. The van der Waals surface area contributed by atoms with Crippen LogP contribution in [0.5, 0.6) is 0 Å². The highest BCUT2D eigenvalue weighted by Gasteiger charge is 2.11. The SMILES string of the molecule is CC(C)CCn1c(=O)[nH]c(=O)c2ncn(C)c21. The Hall–Kier alpha value is -1.85. The molecular formula is C11H16N4O2. The summed E-state index contributed by atoms with van der Waals surface area (Å²) >= 11 is 0. The highest BCUT2D eigenvalue weighted by Crippen LogP contribution is 2.07. The van der Waals surface area contributed by atoms with Gasteiger partial charge in [-0.25, -0.2) is 9.78 Å². The Morgan fingerprint density at radius 3 is 2.76 bits per heavy atom. The van der Waals surface area contributed by atoms with Crippen molar-refractivity contribution in [3.8, 4) is 0 Å². The largest absolute Gasteiger partial charge is 0.330 e. The van der Waals surface area contributed by atoms with Crippen molar-refractivity contribution in [3.05, 3.63) is 27.2 Å². The molecule has 0 radical (unpaired) electrons. The van der Waals surface area contributed by atoms with Gasteiger partial charge in [0.1, 0.15) is 5.65 Å². The van der Waals surface area contributed by atoms with Crippen LogP contribution in [0.1, 0.15) is 20.3 Å². The van der Waals surface area contributed by atoms with E-state index in [4.69, 9.17) is 0 Å². The third-order valence-electron chi connectivity index (χ3n) is 2.77. The quantitative estimate of drug-likeness (QED) is 0.842. The summed E-state index contributed by atoms with van der Waals surface area (Å²) in [4.78, 5) is 29.6. The van der Waals surface area contributed by atoms with Crippen LogP contribution in [0, 0.1) is 5.92 Å². The van der Waals surface area contributed by atoms with E-state index in [1.54, 1.807) is 22.5 Å². The summed E-state index contributed by atoms with van der Waals surface area (Å²) < 4.78 is 3.27. The predicted octanol–water partition coefficient (Wildman–Crippen LogP) is 0.469. The second-order valence-corrected chi connectivity index (χ2v) is 4.62. The number of nitrogens with one attached hydrogen (secondary N) is 1. The van der Waals surface area contributed by atoms with Crippen molar-refractivity contribution in [2.75, 3.05) is 0 Å². The van der Waals surface area contributed by atoms with Crippen LogP contribution < -0.4 is 11.2 Å². The van der Waals surface area contributed by atoms with E-state index >= 15 is 0 Å². The maximum absolute atomic E-state index is 11.8. The fourth-order valence-electron chi connectivity index (χ4n) is 1.82. The average Bonchev–Trinajstić information content (AvgIpc) is 2.61. The van der Waals surface area contributed by atoms with E-state index in [-0.39, 0.29) is 5.69 Å². The molecule has 1 N–H and O–H groups in total. The van der Waals surface area contributed by atoms with E-state index in [1.807, 2.05) is 0 Å². The van der Waals surface area contributed by atoms with Crippen LogP contribution in [-0.2, 0) is 13.6 Å². The molecule has 0 spiro atoms. The summed E-state index contributed by atoms with van der Waals surface area (Å²) in [6.45, 7) is 4.78. The van der Waals surface area contributed by atoms with E-state index in [0.717, 1.165) is 6.42 Å². The van der Waals surface area contributed by atoms with Gasteiger partial charge in [-0.3, -0.25) is 14.3 Å². The van der Waals surface area contributed by atoms with Gasteiger partial charge in [0, 0.05) is 13.6 Å². The lowest BCUT2D eigenvalue weighted by Crippen LogP contribution is -2.31. The smallest absolute Gasteiger partial charge is 0.320 e. The van der Waals surface area contributed by atoms with Crippen LogP contribution >= 0.6 is 0 Å². The Balaban J connectivity index is 2.64. The molecule has 92 valence electrons. The Labute approximate surface area is 97.9 Å². The second kappa shape index (κ2) is 4.20.